The number of benzene rings is 4. The van der Waals surface area contributed by atoms with Crippen molar-refractivity contribution in [2.24, 2.45) is 5.92 Å². The molecule has 0 unspecified atom stereocenters. The van der Waals surface area contributed by atoms with Crippen LogP contribution in [-0.4, -0.2) is 60.1 Å². The molecule has 1 aromatic heterocycles. The topological polar surface area (TPSA) is 89.1 Å². The second kappa shape index (κ2) is 14.5. The van der Waals surface area contributed by atoms with Gasteiger partial charge in [0.1, 0.15) is 41.5 Å². The Morgan fingerprint density at radius 1 is 0.922 bits per heavy atom. The van der Waals surface area contributed by atoms with Gasteiger partial charge in [-0.05, 0) is 79.2 Å². The highest BCUT2D eigenvalue weighted by Crippen LogP contribution is 2.42. The number of anilines is 3. The molecule has 2 aliphatic heterocycles. The van der Waals surface area contributed by atoms with Crippen LogP contribution in [0.25, 0.3) is 4.85 Å². The van der Waals surface area contributed by atoms with Gasteiger partial charge < -0.3 is 24.6 Å². The van der Waals surface area contributed by atoms with Crippen molar-refractivity contribution in [1.82, 2.24) is 14.8 Å². The zero-order valence-corrected chi connectivity index (χ0v) is 27.5. The van der Waals surface area contributed by atoms with Gasteiger partial charge in [0.15, 0.2) is 0 Å². The van der Waals surface area contributed by atoms with Crippen molar-refractivity contribution < 1.29 is 27.4 Å². The first kappa shape index (κ1) is 33.6. The first-order valence-electron chi connectivity index (χ1n) is 16.5. The lowest BCUT2D eigenvalue weighted by molar-refractivity contribution is -0.0206. The van der Waals surface area contributed by atoms with Gasteiger partial charge in [-0.2, -0.15) is 5.10 Å². The zero-order valence-electron chi connectivity index (χ0n) is 27.5. The molecule has 0 radical (unpaired) electrons. The number of piperazine rings is 1. The fourth-order valence-electron chi connectivity index (χ4n) is 6.69. The van der Waals surface area contributed by atoms with Gasteiger partial charge in [-0.15, -0.1) is 0 Å². The van der Waals surface area contributed by atoms with E-state index in [4.69, 9.17) is 16.0 Å². The van der Waals surface area contributed by atoms with Crippen LogP contribution < -0.4 is 19.9 Å². The minimum Gasteiger partial charge on any atom is -0.504 e. The smallest absolute Gasteiger partial charge is 0.255 e. The third-order valence-corrected chi connectivity index (χ3v) is 9.30. The largest absolute Gasteiger partial charge is 0.504 e. The molecular formula is C38H34F3N7O3. The van der Waals surface area contributed by atoms with Crippen molar-refractivity contribution in [2.75, 3.05) is 54.5 Å². The van der Waals surface area contributed by atoms with Crippen molar-refractivity contribution >= 4 is 28.7 Å². The molecule has 2 saturated heterocycles. The molecule has 10 nitrogen and oxygen atoms in total. The molecule has 260 valence electrons. The second-order valence-corrected chi connectivity index (χ2v) is 12.6. The van der Waals surface area contributed by atoms with Gasteiger partial charge in [0.25, 0.3) is 5.91 Å². The highest BCUT2D eigenvalue weighted by molar-refractivity contribution is 6.04. The van der Waals surface area contributed by atoms with E-state index in [2.05, 4.69) is 30.0 Å². The summed E-state index contributed by atoms with van der Waals surface area (Å²) in [5, 5.41) is 6.94. The van der Waals surface area contributed by atoms with E-state index in [1.165, 1.54) is 49.1 Å². The first-order chi connectivity index (χ1) is 24.8. The maximum Gasteiger partial charge on any atom is 0.255 e. The third-order valence-electron chi connectivity index (χ3n) is 9.30. The number of ether oxygens (including phenoxy) is 2. The highest BCUT2D eigenvalue weighted by atomic mass is 19.1. The fraction of sp³-hybridized carbons (Fsp3) is 0.263. The van der Waals surface area contributed by atoms with Gasteiger partial charge >= 0.3 is 0 Å². The summed E-state index contributed by atoms with van der Waals surface area (Å²) in [6.45, 7) is 11.5. The van der Waals surface area contributed by atoms with E-state index in [0.29, 0.717) is 29.1 Å². The van der Waals surface area contributed by atoms with Crippen LogP contribution in [0.4, 0.5) is 35.9 Å². The van der Waals surface area contributed by atoms with Crippen LogP contribution in [0.5, 0.6) is 5.75 Å². The number of amides is 1. The molecule has 0 spiro atoms. The van der Waals surface area contributed by atoms with Crippen LogP contribution >= 0.6 is 0 Å². The third kappa shape index (κ3) is 7.51. The maximum atomic E-state index is 15.0. The normalized spacial score (nSPS) is 18.7. The molecule has 2 atom stereocenters. The molecule has 1 N–H and O–H groups in total. The van der Waals surface area contributed by atoms with Crippen LogP contribution in [0.15, 0.2) is 97.6 Å². The molecular weight excluding hydrogens is 659 g/mol. The molecule has 5 aromatic rings. The minimum atomic E-state index is -1.09. The Morgan fingerprint density at radius 3 is 2.31 bits per heavy atom. The summed E-state index contributed by atoms with van der Waals surface area (Å²) in [5.41, 5.74) is 2.50. The zero-order chi connectivity index (χ0) is 35.4. The predicted molar refractivity (Wildman–Crippen MR) is 186 cm³/mol. The van der Waals surface area contributed by atoms with Gasteiger partial charge in [0.2, 0.25) is 5.69 Å². The standard InChI is InChI=1S/C38H34F3N7O3/c1-42-35-19-32(47-16-14-46(15-17-47)31-9-2-27(3-10-31)37(49)45-30-7-4-28(39)5-8-30)11-13-36(35)50-21-26-20-38(51-22-26,23-48-25-43-24-44-48)33-12-6-29(40)18-34(33)41/h2-13,18-19,24-26H,14-17,20-23H2,(H,45,49)/t26-,38+/m1/s1. The summed E-state index contributed by atoms with van der Waals surface area (Å²) < 4.78 is 55.9. The molecule has 4 aromatic carbocycles. The Morgan fingerprint density at radius 2 is 1.63 bits per heavy atom. The molecule has 13 heteroatoms. The number of halogens is 3. The molecule has 51 heavy (non-hydrogen) atoms. The lowest BCUT2D eigenvalue weighted by atomic mass is 9.87. The van der Waals surface area contributed by atoms with E-state index in [0.717, 1.165) is 43.6 Å². The average Bonchev–Trinajstić information content (AvgIpc) is 3.82. The number of nitrogens with one attached hydrogen (secondary N) is 1. The van der Waals surface area contributed by atoms with Gasteiger partial charge in [-0.3, -0.25) is 4.79 Å². The van der Waals surface area contributed by atoms with Crippen LogP contribution in [0.3, 0.4) is 0 Å². The van der Waals surface area contributed by atoms with Crippen LogP contribution in [0, 0.1) is 29.9 Å². The highest BCUT2D eigenvalue weighted by Gasteiger charge is 2.44. The molecule has 0 aliphatic carbocycles. The van der Waals surface area contributed by atoms with Gasteiger partial charge in [-0.25, -0.2) is 27.7 Å². The molecule has 3 heterocycles. The number of aromatic nitrogens is 3. The van der Waals surface area contributed by atoms with Crippen LogP contribution in [-0.2, 0) is 16.9 Å². The van der Waals surface area contributed by atoms with Crippen molar-refractivity contribution in [2.45, 2.75) is 18.6 Å². The van der Waals surface area contributed by atoms with E-state index in [1.54, 1.807) is 16.8 Å². The molecule has 0 bridgehead atoms. The lowest BCUT2D eigenvalue weighted by Crippen LogP contribution is -2.46. The Hall–Kier alpha value is -5.87. The quantitative estimate of drug-likeness (QED) is 0.160. The summed E-state index contributed by atoms with van der Waals surface area (Å²) in [4.78, 5) is 24.8. The average molecular weight is 694 g/mol. The fourth-order valence-corrected chi connectivity index (χ4v) is 6.69. The Labute approximate surface area is 292 Å². The van der Waals surface area contributed by atoms with Crippen LogP contribution in [0.2, 0.25) is 0 Å². The van der Waals surface area contributed by atoms with Crippen LogP contribution in [0.1, 0.15) is 22.3 Å². The SMILES string of the molecule is [C-]#[N+]c1cc(N2CCN(c3ccc(C(=O)Nc4ccc(F)cc4)cc3)CC2)ccc1OC[C@@H]1CO[C@@](Cn2cncn2)(c2ccc(F)cc2F)C1. The Bertz CT molecular complexity index is 2030. The van der Waals surface area contributed by atoms with E-state index >= 15 is 4.39 Å². The van der Waals surface area contributed by atoms with Crippen molar-refractivity contribution in [3.05, 3.63) is 138 Å². The van der Waals surface area contributed by atoms with Crippen molar-refractivity contribution in [1.29, 1.82) is 0 Å². The Kier molecular flexibility index (Phi) is 9.59. The molecule has 7 rings (SSSR count). The van der Waals surface area contributed by atoms with Crippen molar-refractivity contribution in [3.63, 3.8) is 0 Å². The van der Waals surface area contributed by atoms with Gasteiger partial charge in [-0.1, -0.05) is 6.07 Å². The summed E-state index contributed by atoms with van der Waals surface area (Å²) >= 11 is 0. The number of hydrogen-bond donors (Lipinski definition) is 1. The van der Waals surface area contributed by atoms with E-state index in [9.17, 15) is 13.6 Å². The summed E-state index contributed by atoms with van der Waals surface area (Å²) in [6, 6.07) is 22.1. The second-order valence-electron chi connectivity index (χ2n) is 12.6. The molecule has 0 saturated carbocycles. The number of carbonyl (C=O) groups is 1. The summed E-state index contributed by atoms with van der Waals surface area (Å²) in [7, 11) is 0. The number of hydrogen-bond acceptors (Lipinski definition) is 7. The maximum absolute atomic E-state index is 15.0. The lowest BCUT2D eigenvalue weighted by Gasteiger charge is -2.37. The van der Waals surface area contributed by atoms with Gasteiger partial charge in [0, 0.05) is 66.4 Å². The predicted octanol–water partition coefficient (Wildman–Crippen LogP) is 6.84. The van der Waals surface area contributed by atoms with Crippen molar-refractivity contribution in [3.8, 4) is 5.75 Å². The summed E-state index contributed by atoms with van der Waals surface area (Å²) in [5.74, 6) is -1.66. The first-order valence-corrected chi connectivity index (χ1v) is 16.5. The van der Waals surface area contributed by atoms with E-state index in [1.807, 2.05) is 30.3 Å². The summed E-state index contributed by atoms with van der Waals surface area (Å²) in [6.07, 6.45) is 3.32. The Balaban J connectivity index is 0.947. The molecule has 2 aliphatic rings. The number of carbonyl (C=O) groups excluding carboxylic acids is 1. The number of nitrogens with zero attached hydrogens (tertiary/aromatic N) is 6. The molecule has 1 amide bonds. The molecule has 2 fully saturated rings. The number of rotatable bonds is 10. The van der Waals surface area contributed by atoms with E-state index in [-0.39, 0.29) is 43.0 Å². The van der Waals surface area contributed by atoms with E-state index < -0.39 is 17.2 Å². The monoisotopic (exact) mass is 693 g/mol. The minimum absolute atomic E-state index is 0.123. The van der Waals surface area contributed by atoms with Gasteiger partial charge in [0.05, 0.1) is 26.3 Å².